The van der Waals surface area contributed by atoms with E-state index in [1.165, 1.54) is 24.7 Å². The number of halogens is 2. The molecule has 0 amide bonds. The summed E-state index contributed by atoms with van der Waals surface area (Å²) in [6, 6.07) is 20.7. The molecule has 0 fully saturated rings. The summed E-state index contributed by atoms with van der Waals surface area (Å²) in [7, 11) is 0.436. The van der Waals surface area contributed by atoms with Gasteiger partial charge in [0.2, 0.25) is 0 Å². The monoisotopic (exact) mass is 608 g/mol. The van der Waals surface area contributed by atoms with E-state index in [1.54, 1.807) is 18.2 Å². The maximum Gasteiger partial charge on any atom is 0.149 e. The van der Waals surface area contributed by atoms with E-state index in [-0.39, 0.29) is 18.2 Å². The average molecular weight is 609 g/mol. The Bertz CT molecular complexity index is 1830. The van der Waals surface area contributed by atoms with Crippen LogP contribution in [0.25, 0.3) is 22.2 Å². The Morgan fingerprint density at radius 1 is 1.02 bits per heavy atom. The van der Waals surface area contributed by atoms with E-state index in [1.807, 2.05) is 61.5 Å². The third-order valence-corrected chi connectivity index (χ3v) is 7.92. The minimum atomic E-state index is -3.21. The van der Waals surface area contributed by atoms with Crippen LogP contribution in [-0.4, -0.2) is 49.4 Å². The number of hydrogen-bond donors (Lipinski definition) is 1. The molecule has 2 aromatic heterocycles. The Morgan fingerprint density at radius 2 is 1.86 bits per heavy atom. The van der Waals surface area contributed by atoms with Gasteiger partial charge in [-0.3, -0.25) is 4.90 Å². The van der Waals surface area contributed by atoms with Crippen molar-refractivity contribution in [1.29, 1.82) is 0 Å². The summed E-state index contributed by atoms with van der Waals surface area (Å²) >= 11 is 6.47. The molecule has 1 N–H and O–H groups in total. The van der Waals surface area contributed by atoms with Crippen molar-refractivity contribution in [1.82, 2.24) is 14.9 Å². The molecule has 0 saturated carbocycles. The first-order valence-electron chi connectivity index (χ1n) is 13.1. The third kappa shape index (κ3) is 7.25. The molecule has 0 aliphatic heterocycles. The molecule has 1 atom stereocenters. The van der Waals surface area contributed by atoms with Crippen LogP contribution < -0.4 is 10.1 Å². The van der Waals surface area contributed by atoms with Gasteiger partial charge in [-0.25, -0.2) is 22.8 Å². The highest BCUT2D eigenvalue weighted by atomic mass is 35.5. The molecule has 11 heteroatoms. The zero-order valence-electron chi connectivity index (χ0n) is 23.3. The number of furan rings is 1. The maximum atomic E-state index is 13.4. The number of benzene rings is 3. The second-order valence-electron chi connectivity index (χ2n) is 10.3. The number of nitrogens with one attached hydrogen (secondary N) is 1. The van der Waals surface area contributed by atoms with Gasteiger partial charge >= 0.3 is 0 Å². The van der Waals surface area contributed by atoms with Crippen molar-refractivity contribution in [3.63, 3.8) is 0 Å². The summed E-state index contributed by atoms with van der Waals surface area (Å²) in [6.45, 7) is 0.649. The molecule has 0 radical (unpaired) electrons. The van der Waals surface area contributed by atoms with E-state index in [4.69, 9.17) is 20.8 Å². The molecule has 0 aliphatic rings. The van der Waals surface area contributed by atoms with E-state index in [0.717, 1.165) is 22.0 Å². The van der Waals surface area contributed by atoms with Crippen LogP contribution in [0.4, 0.5) is 10.2 Å². The third-order valence-electron chi connectivity index (χ3n) is 6.70. The SMILES string of the molecule is CN(C)C(CS(C)(=O)=O)c1ccc(-c2ccc3ncnc(NCc4ccc(OCc5cccc(F)c5)c(Cl)c4)c3c2)o1. The lowest BCUT2D eigenvalue weighted by Gasteiger charge is -2.21. The molecule has 0 aliphatic carbocycles. The fourth-order valence-corrected chi connectivity index (χ4v) is 5.85. The van der Waals surface area contributed by atoms with Crippen LogP contribution in [0.15, 0.2) is 83.5 Å². The zero-order chi connectivity index (χ0) is 29.9. The largest absolute Gasteiger partial charge is 0.487 e. The Hall–Kier alpha value is -3.99. The molecule has 42 heavy (non-hydrogen) atoms. The minimum absolute atomic E-state index is 0.0449. The van der Waals surface area contributed by atoms with Gasteiger partial charge in [0.1, 0.15) is 51.7 Å². The van der Waals surface area contributed by atoms with Crippen LogP contribution in [0.3, 0.4) is 0 Å². The molecule has 218 valence electrons. The Kier molecular flexibility index (Phi) is 8.77. The van der Waals surface area contributed by atoms with Gasteiger partial charge in [-0.2, -0.15) is 0 Å². The van der Waals surface area contributed by atoms with E-state index >= 15 is 0 Å². The summed E-state index contributed by atoms with van der Waals surface area (Å²) in [6.07, 6.45) is 2.72. The van der Waals surface area contributed by atoms with Crippen LogP contribution in [0, 0.1) is 5.82 Å². The summed E-state index contributed by atoms with van der Waals surface area (Å²) in [5, 5.41) is 4.61. The van der Waals surface area contributed by atoms with E-state index in [2.05, 4.69) is 15.3 Å². The highest BCUT2D eigenvalue weighted by Gasteiger charge is 2.23. The van der Waals surface area contributed by atoms with Gasteiger partial charge in [-0.05, 0) is 79.8 Å². The molecule has 5 aromatic rings. The molecule has 0 bridgehead atoms. The van der Waals surface area contributed by atoms with Gasteiger partial charge in [-0.15, -0.1) is 0 Å². The summed E-state index contributed by atoms with van der Waals surface area (Å²) < 4.78 is 49.3. The molecule has 3 aromatic carbocycles. The number of aromatic nitrogens is 2. The fourth-order valence-electron chi connectivity index (χ4n) is 4.56. The Balaban J connectivity index is 1.31. The number of rotatable bonds is 11. The standard InChI is InChI=1S/C31H30ClFN4O4S/c1-37(2)27(18-42(3,38)39)30-12-11-28(41-30)22-8-9-26-24(15-22)31(36-19-35-26)34-16-20-7-10-29(25(32)14-20)40-17-21-5-4-6-23(33)13-21/h4-15,19,27H,16-18H2,1-3H3,(H,34,35,36). The van der Waals surface area contributed by atoms with Crippen LogP contribution >= 0.6 is 11.6 Å². The number of sulfone groups is 1. The quantitative estimate of drug-likeness (QED) is 0.181. The first-order valence-corrected chi connectivity index (χ1v) is 15.6. The summed E-state index contributed by atoms with van der Waals surface area (Å²) in [5.74, 6) is 1.97. The minimum Gasteiger partial charge on any atom is -0.487 e. The van der Waals surface area contributed by atoms with Gasteiger partial charge < -0.3 is 14.5 Å². The molecule has 0 saturated heterocycles. The highest BCUT2D eigenvalue weighted by molar-refractivity contribution is 7.90. The van der Waals surface area contributed by atoms with Crippen LogP contribution in [-0.2, 0) is 23.0 Å². The fraction of sp³-hybridized carbons (Fsp3) is 0.226. The van der Waals surface area contributed by atoms with Gasteiger partial charge in [0.15, 0.2) is 0 Å². The molecule has 2 heterocycles. The smallest absolute Gasteiger partial charge is 0.149 e. The van der Waals surface area contributed by atoms with Gasteiger partial charge in [0, 0.05) is 23.8 Å². The predicted molar refractivity (Wildman–Crippen MR) is 163 cm³/mol. The summed E-state index contributed by atoms with van der Waals surface area (Å²) in [5.41, 5.74) is 3.19. The van der Waals surface area contributed by atoms with Crippen molar-refractivity contribution in [3.05, 3.63) is 107 Å². The number of fused-ring (bicyclic) bond motifs is 1. The average Bonchev–Trinajstić information content (AvgIpc) is 3.43. The Labute approximate surface area is 249 Å². The van der Waals surface area contributed by atoms with Crippen molar-refractivity contribution in [2.24, 2.45) is 0 Å². The summed E-state index contributed by atoms with van der Waals surface area (Å²) in [4.78, 5) is 10.7. The molecule has 0 spiro atoms. The van der Waals surface area contributed by atoms with Crippen molar-refractivity contribution in [2.75, 3.05) is 31.4 Å². The molecular formula is C31H30ClFN4O4S. The normalized spacial score (nSPS) is 12.5. The van der Waals surface area contributed by atoms with E-state index < -0.39 is 15.9 Å². The maximum absolute atomic E-state index is 13.4. The van der Waals surface area contributed by atoms with Crippen LogP contribution in [0.1, 0.15) is 22.9 Å². The second kappa shape index (κ2) is 12.5. The molecule has 1 unspecified atom stereocenters. The topological polar surface area (TPSA) is 97.6 Å². The van der Waals surface area contributed by atoms with Gasteiger partial charge in [0.05, 0.1) is 22.3 Å². The molecular weight excluding hydrogens is 579 g/mol. The van der Waals surface area contributed by atoms with Gasteiger partial charge in [-0.1, -0.05) is 29.8 Å². The van der Waals surface area contributed by atoms with Crippen LogP contribution in [0.5, 0.6) is 5.75 Å². The lowest BCUT2D eigenvalue weighted by atomic mass is 10.1. The Morgan fingerprint density at radius 3 is 2.60 bits per heavy atom. The predicted octanol–water partition coefficient (Wildman–Crippen LogP) is 6.52. The molecule has 5 rings (SSSR count). The second-order valence-corrected chi connectivity index (χ2v) is 12.9. The highest BCUT2D eigenvalue weighted by Crippen LogP contribution is 2.32. The van der Waals surface area contributed by atoms with Crippen molar-refractivity contribution < 1.29 is 22.0 Å². The van der Waals surface area contributed by atoms with Gasteiger partial charge in [0.25, 0.3) is 0 Å². The number of hydrogen-bond acceptors (Lipinski definition) is 8. The number of nitrogens with zero attached hydrogens (tertiary/aromatic N) is 3. The zero-order valence-corrected chi connectivity index (χ0v) is 24.9. The lowest BCUT2D eigenvalue weighted by Crippen LogP contribution is -2.26. The first kappa shape index (κ1) is 29.5. The number of ether oxygens (including phenoxy) is 1. The van der Waals surface area contributed by atoms with E-state index in [9.17, 15) is 12.8 Å². The van der Waals surface area contributed by atoms with Crippen molar-refractivity contribution in [2.45, 2.75) is 19.2 Å². The lowest BCUT2D eigenvalue weighted by molar-refractivity contribution is 0.281. The first-order chi connectivity index (χ1) is 20.1. The van der Waals surface area contributed by atoms with Crippen LogP contribution in [0.2, 0.25) is 5.02 Å². The van der Waals surface area contributed by atoms with E-state index in [0.29, 0.717) is 40.2 Å². The van der Waals surface area contributed by atoms with Crippen molar-refractivity contribution >= 4 is 38.2 Å². The molecule has 8 nitrogen and oxygen atoms in total. The number of anilines is 1. The van der Waals surface area contributed by atoms with Crippen molar-refractivity contribution in [3.8, 4) is 17.1 Å².